The van der Waals surface area contributed by atoms with Gasteiger partial charge in [0, 0.05) is 5.54 Å². The lowest BCUT2D eigenvalue weighted by atomic mass is 10.0. The van der Waals surface area contributed by atoms with Crippen molar-refractivity contribution in [3.8, 4) is 0 Å². The second kappa shape index (κ2) is 3.23. The van der Waals surface area contributed by atoms with Crippen molar-refractivity contribution in [1.82, 2.24) is 0 Å². The fourth-order valence-corrected chi connectivity index (χ4v) is 1.60. The van der Waals surface area contributed by atoms with E-state index < -0.39 is 11.7 Å². The maximum Gasteiger partial charge on any atom is 0.416 e. The molecule has 15 heavy (non-hydrogen) atoms. The summed E-state index contributed by atoms with van der Waals surface area (Å²) in [4.78, 5) is 0. The van der Waals surface area contributed by atoms with Gasteiger partial charge in [0.15, 0.2) is 0 Å². The van der Waals surface area contributed by atoms with Crippen LogP contribution in [0.1, 0.15) is 24.0 Å². The summed E-state index contributed by atoms with van der Waals surface area (Å²) in [5.41, 5.74) is 5.69. The first kappa shape index (κ1) is 10.5. The van der Waals surface area contributed by atoms with E-state index in [0.29, 0.717) is 12.0 Å². The highest BCUT2D eigenvalue weighted by Gasteiger charge is 2.38. The second-order valence-corrected chi connectivity index (χ2v) is 4.24. The molecule has 82 valence electrons. The summed E-state index contributed by atoms with van der Waals surface area (Å²) in [7, 11) is 0. The minimum Gasteiger partial charge on any atom is -0.325 e. The Bertz CT molecular complexity index is 366. The maximum atomic E-state index is 12.4. The molecule has 1 aliphatic carbocycles. The van der Waals surface area contributed by atoms with Crippen molar-refractivity contribution in [1.29, 1.82) is 0 Å². The molecule has 0 atom stereocenters. The number of hydrogen-bond donors (Lipinski definition) is 1. The molecule has 1 saturated carbocycles. The van der Waals surface area contributed by atoms with Crippen molar-refractivity contribution in [2.75, 3.05) is 0 Å². The van der Waals surface area contributed by atoms with Gasteiger partial charge in [-0.3, -0.25) is 0 Å². The van der Waals surface area contributed by atoms with Crippen molar-refractivity contribution in [3.05, 3.63) is 35.4 Å². The van der Waals surface area contributed by atoms with Gasteiger partial charge in [-0.1, -0.05) is 18.2 Å². The molecule has 0 radical (unpaired) electrons. The summed E-state index contributed by atoms with van der Waals surface area (Å²) in [5.74, 6) is 0. The fourth-order valence-electron chi connectivity index (χ4n) is 1.60. The zero-order chi connectivity index (χ0) is 11.1. The first-order valence-electron chi connectivity index (χ1n) is 4.84. The SMILES string of the molecule is NC1(Cc2cccc(C(F)(F)F)c2)CC1. The third-order valence-electron chi connectivity index (χ3n) is 2.70. The zero-order valence-electron chi connectivity index (χ0n) is 8.14. The lowest BCUT2D eigenvalue weighted by molar-refractivity contribution is -0.137. The summed E-state index contributed by atoms with van der Waals surface area (Å²) < 4.78 is 37.2. The van der Waals surface area contributed by atoms with Crippen LogP contribution in [0.3, 0.4) is 0 Å². The van der Waals surface area contributed by atoms with Crippen molar-refractivity contribution in [3.63, 3.8) is 0 Å². The molecule has 0 aliphatic heterocycles. The number of alkyl halides is 3. The van der Waals surface area contributed by atoms with Gasteiger partial charge in [0.05, 0.1) is 5.56 Å². The summed E-state index contributed by atoms with van der Waals surface area (Å²) in [5, 5.41) is 0. The van der Waals surface area contributed by atoms with Crippen molar-refractivity contribution >= 4 is 0 Å². The molecule has 0 saturated heterocycles. The maximum absolute atomic E-state index is 12.4. The largest absolute Gasteiger partial charge is 0.416 e. The summed E-state index contributed by atoms with van der Waals surface area (Å²) >= 11 is 0. The van der Waals surface area contributed by atoms with Crippen LogP contribution in [0, 0.1) is 0 Å². The molecule has 4 heteroatoms. The number of nitrogens with two attached hydrogens (primary N) is 1. The molecular formula is C11H12F3N. The minimum atomic E-state index is -4.26. The van der Waals surface area contributed by atoms with Crippen LogP contribution in [0.5, 0.6) is 0 Å². The van der Waals surface area contributed by atoms with Gasteiger partial charge in [-0.25, -0.2) is 0 Å². The van der Waals surface area contributed by atoms with Gasteiger partial charge in [-0.05, 0) is 30.9 Å². The van der Waals surface area contributed by atoms with E-state index in [0.717, 1.165) is 18.9 Å². The van der Waals surface area contributed by atoms with E-state index in [9.17, 15) is 13.2 Å². The smallest absolute Gasteiger partial charge is 0.325 e. The monoisotopic (exact) mass is 215 g/mol. The van der Waals surface area contributed by atoms with E-state index in [-0.39, 0.29) is 5.54 Å². The second-order valence-electron chi connectivity index (χ2n) is 4.24. The number of hydrogen-bond acceptors (Lipinski definition) is 1. The molecule has 0 unspecified atom stereocenters. The van der Waals surface area contributed by atoms with Crippen molar-refractivity contribution in [2.24, 2.45) is 5.73 Å². The molecule has 1 aliphatic rings. The highest BCUT2D eigenvalue weighted by atomic mass is 19.4. The standard InChI is InChI=1S/C11H12F3N/c12-11(13,14)9-3-1-2-8(6-9)7-10(15)4-5-10/h1-3,6H,4-5,7,15H2. The molecule has 0 aromatic heterocycles. The third-order valence-corrected chi connectivity index (χ3v) is 2.70. The highest BCUT2D eigenvalue weighted by molar-refractivity contribution is 5.28. The minimum absolute atomic E-state index is 0.246. The lowest BCUT2D eigenvalue weighted by Gasteiger charge is -2.11. The van der Waals surface area contributed by atoms with Crippen molar-refractivity contribution in [2.45, 2.75) is 31.0 Å². The Balaban J connectivity index is 2.19. The Kier molecular flexibility index (Phi) is 2.26. The van der Waals surface area contributed by atoms with Crippen LogP contribution in [-0.4, -0.2) is 5.54 Å². The number of rotatable bonds is 2. The molecule has 2 N–H and O–H groups in total. The molecule has 0 heterocycles. The van der Waals surface area contributed by atoms with E-state index in [2.05, 4.69) is 0 Å². The van der Waals surface area contributed by atoms with Crippen molar-refractivity contribution < 1.29 is 13.2 Å². The molecule has 2 rings (SSSR count). The van der Waals surface area contributed by atoms with Crippen LogP contribution >= 0.6 is 0 Å². The van der Waals surface area contributed by atoms with Crippen LogP contribution in [0.15, 0.2) is 24.3 Å². The van der Waals surface area contributed by atoms with Crippen LogP contribution in [-0.2, 0) is 12.6 Å². The highest BCUT2D eigenvalue weighted by Crippen LogP contribution is 2.36. The van der Waals surface area contributed by atoms with Gasteiger partial charge in [0.1, 0.15) is 0 Å². The predicted molar refractivity (Wildman–Crippen MR) is 51.3 cm³/mol. The van der Waals surface area contributed by atoms with Gasteiger partial charge in [0.25, 0.3) is 0 Å². The fraction of sp³-hybridized carbons (Fsp3) is 0.455. The molecule has 0 amide bonds. The first-order valence-corrected chi connectivity index (χ1v) is 4.84. The van der Waals surface area contributed by atoms with E-state index in [1.165, 1.54) is 12.1 Å². The Hall–Kier alpha value is -1.03. The van der Waals surface area contributed by atoms with Gasteiger partial charge in [-0.2, -0.15) is 13.2 Å². The Labute approximate surface area is 86.1 Å². The van der Waals surface area contributed by atoms with Crippen LogP contribution < -0.4 is 5.73 Å². The van der Waals surface area contributed by atoms with Crippen LogP contribution in [0.25, 0.3) is 0 Å². The van der Waals surface area contributed by atoms with Crippen LogP contribution in [0.2, 0.25) is 0 Å². The van der Waals surface area contributed by atoms with E-state index in [1.54, 1.807) is 6.07 Å². The molecule has 0 bridgehead atoms. The molecule has 0 spiro atoms. The van der Waals surface area contributed by atoms with E-state index in [1.807, 2.05) is 0 Å². The zero-order valence-corrected chi connectivity index (χ0v) is 8.14. The molecule has 1 nitrogen and oxygen atoms in total. The Morgan fingerprint density at radius 2 is 1.93 bits per heavy atom. The molecule has 1 fully saturated rings. The summed E-state index contributed by atoms with van der Waals surface area (Å²) in [6.45, 7) is 0. The van der Waals surface area contributed by atoms with Gasteiger partial charge < -0.3 is 5.73 Å². The van der Waals surface area contributed by atoms with E-state index in [4.69, 9.17) is 5.73 Å². The first-order chi connectivity index (χ1) is 6.89. The third kappa shape index (κ3) is 2.50. The molecule has 1 aromatic rings. The topological polar surface area (TPSA) is 26.0 Å². The molecular weight excluding hydrogens is 203 g/mol. The lowest BCUT2D eigenvalue weighted by Crippen LogP contribution is -2.24. The molecule has 1 aromatic carbocycles. The van der Waals surface area contributed by atoms with Crippen LogP contribution in [0.4, 0.5) is 13.2 Å². The van der Waals surface area contributed by atoms with Gasteiger partial charge >= 0.3 is 6.18 Å². The predicted octanol–water partition coefficient (Wildman–Crippen LogP) is 2.74. The average Bonchev–Trinajstić information content (AvgIpc) is 2.82. The number of halogens is 3. The number of benzene rings is 1. The Morgan fingerprint density at radius 1 is 1.27 bits per heavy atom. The average molecular weight is 215 g/mol. The van der Waals surface area contributed by atoms with E-state index >= 15 is 0 Å². The van der Waals surface area contributed by atoms with Gasteiger partial charge in [-0.15, -0.1) is 0 Å². The summed E-state index contributed by atoms with van der Waals surface area (Å²) in [6.07, 6.45) is -1.91. The quantitative estimate of drug-likeness (QED) is 0.806. The summed E-state index contributed by atoms with van der Waals surface area (Å²) in [6, 6.07) is 5.40. The normalized spacial score (nSPS) is 18.9. The van der Waals surface area contributed by atoms with Gasteiger partial charge in [0.2, 0.25) is 0 Å². The Morgan fingerprint density at radius 3 is 2.47 bits per heavy atom.